The minimum absolute atomic E-state index is 0.235. The molecule has 4 heteroatoms. The van der Waals surface area contributed by atoms with Crippen molar-refractivity contribution in [1.82, 2.24) is 0 Å². The van der Waals surface area contributed by atoms with Crippen LogP contribution in [0.2, 0.25) is 0 Å². The SMILES string of the molecule is CCC1CC(O)C(O)C(=O)O1. The molecule has 1 saturated heterocycles. The standard InChI is InChI=1S/C7H12O4/c1-2-4-3-5(8)6(9)7(10)11-4/h4-6,8-9H,2-3H2,1H3. The van der Waals surface area contributed by atoms with E-state index in [0.717, 1.165) is 0 Å². The number of ether oxygens (including phenoxy) is 1. The molecule has 11 heavy (non-hydrogen) atoms. The third-order valence-corrected chi connectivity index (χ3v) is 1.85. The van der Waals surface area contributed by atoms with E-state index in [1.54, 1.807) is 0 Å². The maximum absolute atomic E-state index is 10.7. The predicted molar refractivity (Wildman–Crippen MR) is 36.8 cm³/mol. The number of aliphatic hydroxyl groups is 2. The molecule has 0 aliphatic carbocycles. The van der Waals surface area contributed by atoms with Crippen LogP contribution in [0.4, 0.5) is 0 Å². The first-order valence-electron chi connectivity index (χ1n) is 3.71. The van der Waals surface area contributed by atoms with E-state index < -0.39 is 18.2 Å². The van der Waals surface area contributed by atoms with E-state index >= 15 is 0 Å². The zero-order valence-electron chi connectivity index (χ0n) is 6.36. The highest BCUT2D eigenvalue weighted by Crippen LogP contribution is 2.17. The van der Waals surface area contributed by atoms with E-state index in [-0.39, 0.29) is 6.10 Å². The number of carbonyl (C=O) groups excluding carboxylic acids is 1. The normalized spacial score (nSPS) is 38.5. The molecule has 1 fully saturated rings. The van der Waals surface area contributed by atoms with Gasteiger partial charge in [0.15, 0.2) is 6.10 Å². The quantitative estimate of drug-likeness (QED) is 0.504. The zero-order chi connectivity index (χ0) is 8.43. The highest BCUT2D eigenvalue weighted by molar-refractivity contribution is 5.76. The van der Waals surface area contributed by atoms with Crippen molar-refractivity contribution < 1.29 is 19.7 Å². The predicted octanol–water partition coefficient (Wildman–Crippen LogP) is -0.566. The van der Waals surface area contributed by atoms with E-state index in [1.807, 2.05) is 6.92 Å². The number of hydrogen-bond acceptors (Lipinski definition) is 4. The van der Waals surface area contributed by atoms with Crippen LogP contribution in [0.3, 0.4) is 0 Å². The molecule has 1 aliphatic rings. The van der Waals surface area contributed by atoms with Crippen LogP contribution in [0, 0.1) is 0 Å². The Kier molecular flexibility index (Phi) is 2.46. The maximum Gasteiger partial charge on any atom is 0.337 e. The summed E-state index contributed by atoms with van der Waals surface area (Å²) in [7, 11) is 0. The van der Waals surface area contributed by atoms with Gasteiger partial charge in [-0.3, -0.25) is 0 Å². The topological polar surface area (TPSA) is 66.8 Å². The van der Waals surface area contributed by atoms with Crippen LogP contribution in [0.5, 0.6) is 0 Å². The molecule has 0 aromatic heterocycles. The van der Waals surface area contributed by atoms with Gasteiger partial charge in [0.05, 0.1) is 6.10 Å². The summed E-state index contributed by atoms with van der Waals surface area (Å²) in [5.41, 5.74) is 0. The van der Waals surface area contributed by atoms with Gasteiger partial charge in [-0.15, -0.1) is 0 Å². The lowest BCUT2D eigenvalue weighted by Gasteiger charge is -2.28. The monoisotopic (exact) mass is 160 g/mol. The number of aliphatic hydroxyl groups excluding tert-OH is 2. The minimum atomic E-state index is -1.35. The van der Waals surface area contributed by atoms with Crippen molar-refractivity contribution in [1.29, 1.82) is 0 Å². The highest BCUT2D eigenvalue weighted by atomic mass is 16.6. The summed E-state index contributed by atoms with van der Waals surface area (Å²) < 4.78 is 4.77. The molecular weight excluding hydrogens is 148 g/mol. The molecular formula is C7H12O4. The summed E-state index contributed by atoms with van der Waals surface area (Å²) >= 11 is 0. The van der Waals surface area contributed by atoms with Crippen LogP contribution in [-0.4, -0.2) is 34.5 Å². The Labute approximate surface area is 64.8 Å². The minimum Gasteiger partial charge on any atom is -0.460 e. The van der Waals surface area contributed by atoms with Crippen molar-refractivity contribution in [3.05, 3.63) is 0 Å². The number of rotatable bonds is 1. The molecule has 0 saturated carbocycles. The van der Waals surface area contributed by atoms with Gasteiger partial charge in [-0.25, -0.2) is 4.79 Å². The van der Waals surface area contributed by atoms with E-state index in [0.29, 0.717) is 12.8 Å². The van der Waals surface area contributed by atoms with Crippen molar-refractivity contribution >= 4 is 5.97 Å². The number of esters is 1. The van der Waals surface area contributed by atoms with Crippen LogP contribution >= 0.6 is 0 Å². The number of cyclic esters (lactones) is 1. The smallest absolute Gasteiger partial charge is 0.337 e. The molecule has 2 N–H and O–H groups in total. The Balaban J connectivity index is 2.54. The van der Waals surface area contributed by atoms with Crippen LogP contribution < -0.4 is 0 Å². The summed E-state index contributed by atoms with van der Waals surface area (Å²) in [6, 6.07) is 0. The molecule has 0 bridgehead atoms. The second kappa shape index (κ2) is 3.19. The maximum atomic E-state index is 10.7. The van der Waals surface area contributed by atoms with Gasteiger partial charge < -0.3 is 14.9 Å². The molecule has 0 radical (unpaired) electrons. The van der Waals surface area contributed by atoms with Crippen LogP contribution in [0.15, 0.2) is 0 Å². The molecule has 1 heterocycles. The lowest BCUT2D eigenvalue weighted by Crippen LogP contribution is -2.44. The molecule has 1 aliphatic heterocycles. The molecule has 1 rings (SSSR count). The van der Waals surface area contributed by atoms with E-state index in [2.05, 4.69) is 0 Å². The first kappa shape index (κ1) is 8.49. The molecule has 0 amide bonds. The molecule has 3 unspecified atom stereocenters. The Hall–Kier alpha value is -0.610. The Morgan fingerprint density at radius 1 is 1.64 bits per heavy atom. The summed E-state index contributed by atoms with van der Waals surface area (Å²) in [4.78, 5) is 10.7. The van der Waals surface area contributed by atoms with Crippen molar-refractivity contribution in [3.8, 4) is 0 Å². The average molecular weight is 160 g/mol. The second-order valence-corrected chi connectivity index (χ2v) is 2.72. The fourth-order valence-electron chi connectivity index (χ4n) is 1.09. The molecule has 64 valence electrons. The van der Waals surface area contributed by atoms with Crippen LogP contribution in [0.1, 0.15) is 19.8 Å². The highest BCUT2D eigenvalue weighted by Gasteiger charge is 2.34. The Bertz CT molecular complexity index is 157. The number of carbonyl (C=O) groups is 1. The molecule has 0 aromatic rings. The first-order valence-corrected chi connectivity index (χ1v) is 3.71. The summed E-state index contributed by atoms with van der Waals surface area (Å²) in [6.45, 7) is 1.86. The van der Waals surface area contributed by atoms with Gasteiger partial charge in [-0.05, 0) is 6.42 Å². The fraction of sp³-hybridized carbons (Fsp3) is 0.857. The second-order valence-electron chi connectivity index (χ2n) is 2.72. The van der Waals surface area contributed by atoms with Crippen LogP contribution in [-0.2, 0) is 9.53 Å². The summed E-state index contributed by atoms with van der Waals surface area (Å²) in [6.07, 6.45) is -1.53. The largest absolute Gasteiger partial charge is 0.460 e. The first-order chi connectivity index (χ1) is 5.15. The van der Waals surface area contributed by atoms with E-state index in [1.165, 1.54) is 0 Å². The van der Waals surface area contributed by atoms with Gasteiger partial charge in [0.2, 0.25) is 0 Å². The van der Waals surface area contributed by atoms with Gasteiger partial charge in [0.25, 0.3) is 0 Å². The lowest BCUT2D eigenvalue weighted by atomic mass is 10.0. The van der Waals surface area contributed by atoms with Crippen molar-refractivity contribution in [2.24, 2.45) is 0 Å². The van der Waals surface area contributed by atoms with E-state index in [4.69, 9.17) is 14.9 Å². The molecule has 0 spiro atoms. The van der Waals surface area contributed by atoms with E-state index in [9.17, 15) is 4.79 Å². The van der Waals surface area contributed by atoms with Crippen molar-refractivity contribution in [2.75, 3.05) is 0 Å². The Morgan fingerprint density at radius 2 is 2.27 bits per heavy atom. The number of hydrogen-bond donors (Lipinski definition) is 2. The average Bonchev–Trinajstić information content (AvgIpc) is 1.99. The Morgan fingerprint density at radius 3 is 2.73 bits per heavy atom. The zero-order valence-corrected chi connectivity index (χ0v) is 6.36. The molecule has 3 atom stereocenters. The summed E-state index contributed by atoms with van der Waals surface area (Å²) in [5, 5.41) is 18.0. The van der Waals surface area contributed by atoms with Gasteiger partial charge in [-0.1, -0.05) is 6.92 Å². The van der Waals surface area contributed by atoms with Crippen LogP contribution in [0.25, 0.3) is 0 Å². The molecule has 0 aromatic carbocycles. The van der Waals surface area contributed by atoms with Gasteiger partial charge in [0, 0.05) is 6.42 Å². The third-order valence-electron chi connectivity index (χ3n) is 1.85. The summed E-state index contributed by atoms with van der Waals surface area (Å²) in [5.74, 6) is -0.712. The molecule has 4 nitrogen and oxygen atoms in total. The lowest BCUT2D eigenvalue weighted by molar-refractivity contribution is -0.179. The van der Waals surface area contributed by atoms with Crippen molar-refractivity contribution in [2.45, 2.75) is 38.1 Å². The fourth-order valence-corrected chi connectivity index (χ4v) is 1.09. The third kappa shape index (κ3) is 1.70. The van der Waals surface area contributed by atoms with Gasteiger partial charge >= 0.3 is 5.97 Å². The van der Waals surface area contributed by atoms with Crippen molar-refractivity contribution in [3.63, 3.8) is 0 Å². The van der Waals surface area contributed by atoms with Gasteiger partial charge in [-0.2, -0.15) is 0 Å². The van der Waals surface area contributed by atoms with Gasteiger partial charge in [0.1, 0.15) is 6.10 Å².